The van der Waals surface area contributed by atoms with Gasteiger partial charge in [0, 0.05) is 15.5 Å². The molecule has 0 saturated carbocycles. The Morgan fingerprint density at radius 2 is 1.94 bits per heavy atom. The van der Waals surface area contributed by atoms with E-state index in [9.17, 15) is 8.42 Å². The molecule has 0 aliphatic rings. The second-order valence-corrected chi connectivity index (χ2v) is 7.86. The van der Waals surface area contributed by atoms with Crippen LogP contribution in [0.4, 0.5) is 5.69 Å². The third kappa shape index (κ3) is 4.22. The van der Waals surface area contributed by atoms with Crippen molar-refractivity contribution in [2.75, 3.05) is 12.3 Å². The lowest BCUT2D eigenvalue weighted by atomic mass is 10.1. The topological polar surface area (TPSA) is 72.2 Å². The highest BCUT2D eigenvalue weighted by atomic mass is 79.9. The van der Waals surface area contributed by atoms with Crippen LogP contribution in [0.5, 0.6) is 0 Å². The highest BCUT2D eigenvalue weighted by Crippen LogP contribution is 2.31. The van der Waals surface area contributed by atoms with Crippen LogP contribution in [0.1, 0.15) is 20.3 Å². The summed E-state index contributed by atoms with van der Waals surface area (Å²) in [5.41, 5.74) is 5.98. The van der Waals surface area contributed by atoms with Crippen LogP contribution >= 0.6 is 31.9 Å². The van der Waals surface area contributed by atoms with E-state index in [0.29, 0.717) is 16.9 Å². The molecule has 0 amide bonds. The number of hydrogen-bond donors (Lipinski definition) is 2. The minimum atomic E-state index is -3.58. The van der Waals surface area contributed by atoms with Crippen LogP contribution in [0.2, 0.25) is 0 Å². The molecule has 0 saturated heterocycles. The Balaban J connectivity index is 2.99. The van der Waals surface area contributed by atoms with Crippen LogP contribution in [0.3, 0.4) is 0 Å². The van der Waals surface area contributed by atoms with Crippen molar-refractivity contribution in [3.63, 3.8) is 0 Å². The minimum absolute atomic E-state index is 0.0921. The number of hydrogen-bond acceptors (Lipinski definition) is 3. The number of halogens is 2. The molecule has 0 atom stereocenters. The molecule has 18 heavy (non-hydrogen) atoms. The highest BCUT2D eigenvalue weighted by Gasteiger charge is 2.21. The second-order valence-electron chi connectivity index (χ2n) is 4.39. The van der Waals surface area contributed by atoms with E-state index in [-0.39, 0.29) is 10.6 Å². The average molecular weight is 400 g/mol. The zero-order valence-electron chi connectivity index (χ0n) is 10.2. The van der Waals surface area contributed by atoms with Gasteiger partial charge in [-0.25, -0.2) is 13.1 Å². The lowest BCUT2D eigenvalue weighted by molar-refractivity contribution is 0.551. The van der Waals surface area contributed by atoms with Gasteiger partial charge in [-0.2, -0.15) is 0 Å². The summed E-state index contributed by atoms with van der Waals surface area (Å²) in [7, 11) is -3.58. The molecule has 1 aromatic carbocycles. The van der Waals surface area contributed by atoms with E-state index in [0.717, 1.165) is 10.9 Å². The van der Waals surface area contributed by atoms with E-state index >= 15 is 0 Å². The quantitative estimate of drug-likeness (QED) is 0.747. The van der Waals surface area contributed by atoms with Crippen LogP contribution < -0.4 is 10.5 Å². The van der Waals surface area contributed by atoms with Crippen LogP contribution in [0.25, 0.3) is 0 Å². The summed E-state index contributed by atoms with van der Waals surface area (Å²) in [6, 6.07) is 3.23. The first-order valence-corrected chi connectivity index (χ1v) is 8.55. The molecular weight excluding hydrogens is 384 g/mol. The SMILES string of the molecule is CC(C)CCNS(=O)(=O)c1c(N)cc(Br)cc1Br. The first-order valence-electron chi connectivity index (χ1n) is 5.48. The molecular formula is C11H16Br2N2O2S. The Labute approximate surface area is 125 Å². The fourth-order valence-electron chi connectivity index (χ4n) is 1.42. The zero-order chi connectivity index (χ0) is 13.9. The van der Waals surface area contributed by atoms with E-state index in [1.165, 1.54) is 0 Å². The molecule has 0 unspecified atom stereocenters. The van der Waals surface area contributed by atoms with Crippen LogP contribution in [0, 0.1) is 5.92 Å². The van der Waals surface area contributed by atoms with Crippen molar-refractivity contribution in [1.29, 1.82) is 0 Å². The van der Waals surface area contributed by atoms with Gasteiger partial charge < -0.3 is 5.73 Å². The van der Waals surface area contributed by atoms with Crippen molar-refractivity contribution >= 4 is 47.6 Å². The highest BCUT2D eigenvalue weighted by molar-refractivity contribution is 9.11. The lowest BCUT2D eigenvalue weighted by Crippen LogP contribution is -2.26. The van der Waals surface area contributed by atoms with Crippen molar-refractivity contribution in [3.8, 4) is 0 Å². The smallest absolute Gasteiger partial charge is 0.243 e. The van der Waals surface area contributed by atoms with Gasteiger partial charge in [-0.15, -0.1) is 0 Å². The summed E-state index contributed by atoms with van der Waals surface area (Å²) in [6.45, 7) is 4.48. The number of sulfonamides is 1. The molecule has 1 aromatic rings. The lowest BCUT2D eigenvalue weighted by Gasteiger charge is -2.12. The van der Waals surface area contributed by atoms with Crippen molar-refractivity contribution < 1.29 is 8.42 Å². The van der Waals surface area contributed by atoms with Crippen LogP contribution in [-0.2, 0) is 10.0 Å². The maximum atomic E-state index is 12.1. The molecule has 0 fully saturated rings. The first-order chi connectivity index (χ1) is 8.24. The van der Waals surface area contributed by atoms with Gasteiger partial charge in [-0.3, -0.25) is 0 Å². The summed E-state index contributed by atoms with van der Waals surface area (Å²) < 4.78 is 28.0. The van der Waals surface area contributed by atoms with E-state index < -0.39 is 10.0 Å². The number of anilines is 1. The number of benzene rings is 1. The fourth-order valence-corrected chi connectivity index (χ4v) is 4.53. The van der Waals surface area contributed by atoms with Gasteiger partial charge in [0.15, 0.2) is 0 Å². The van der Waals surface area contributed by atoms with Gasteiger partial charge in [-0.05, 0) is 40.4 Å². The van der Waals surface area contributed by atoms with Gasteiger partial charge in [0.05, 0.1) is 5.69 Å². The summed E-state index contributed by atoms with van der Waals surface area (Å²) in [6.07, 6.45) is 0.785. The monoisotopic (exact) mass is 398 g/mol. The summed E-state index contributed by atoms with van der Waals surface area (Å²) in [5, 5.41) is 0. The maximum absolute atomic E-state index is 12.1. The largest absolute Gasteiger partial charge is 0.398 e. The van der Waals surface area contributed by atoms with Crippen LogP contribution in [-0.4, -0.2) is 15.0 Å². The van der Waals surface area contributed by atoms with Gasteiger partial charge in [0.25, 0.3) is 0 Å². The molecule has 0 heterocycles. The van der Waals surface area contributed by atoms with Crippen LogP contribution in [0.15, 0.2) is 26.0 Å². The molecule has 0 spiro atoms. The predicted molar refractivity (Wildman–Crippen MR) is 80.9 cm³/mol. The zero-order valence-corrected chi connectivity index (χ0v) is 14.2. The van der Waals surface area contributed by atoms with Gasteiger partial charge in [0.2, 0.25) is 10.0 Å². The van der Waals surface area contributed by atoms with Crippen molar-refractivity contribution in [2.24, 2.45) is 5.92 Å². The van der Waals surface area contributed by atoms with E-state index in [2.05, 4.69) is 36.6 Å². The second kappa shape index (κ2) is 6.36. The Hall–Kier alpha value is -0.110. The molecule has 4 nitrogen and oxygen atoms in total. The van der Waals surface area contributed by atoms with E-state index in [4.69, 9.17) is 5.73 Å². The summed E-state index contributed by atoms with van der Waals surface area (Å²) in [4.78, 5) is 0.0921. The Morgan fingerprint density at radius 3 is 2.44 bits per heavy atom. The normalized spacial score (nSPS) is 12.1. The average Bonchev–Trinajstić information content (AvgIpc) is 2.13. The Bertz CT molecular complexity index is 507. The predicted octanol–water partition coefficient (Wildman–Crippen LogP) is 3.12. The summed E-state index contributed by atoms with van der Waals surface area (Å²) in [5.74, 6) is 0.443. The fraction of sp³-hybridized carbons (Fsp3) is 0.455. The third-order valence-corrected chi connectivity index (χ3v) is 5.24. The maximum Gasteiger partial charge on any atom is 0.243 e. The summed E-state index contributed by atoms with van der Waals surface area (Å²) >= 11 is 6.49. The Morgan fingerprint density at radius 1 is 1.33 bits per heavy atom. The third-order valence-electron chi connectivity index (χ3n) is 2.32. The van der Waals surface area contributed by atoms with Crippen molar-refractivity contribution in [1.82, 2.24) is 4.72 Å². The number of nitrogens with two attached hydrogens (primary N) is 1. The molecule has 0 aromatic heterocycles. The number of rotatable bonds is 5. The number of nitrogen functional groups attached to an aromatic ring is 1. The van der Waals surface area contributed by atoms with Gasteiger partial charge >= 0.3 is 0 Å². The molecule has 1 rings (SSSR count). The van der Waals surface area contributed by atoms with E-state index in [1.54, 1.807) is 12.1 Å². The van der Waals surface area contributed by atoms with Crippen molar-refractivity contribution in [3.05, 3.63) is 21.1 Å². The van der Waals surface area contributed by atoms with E-state index in [1.807, 2.05) is 13.8 Å². The first kappa shape index (κ1) is 15.9. The Kier molecular flexibility index (Phi) is 5.64. The number of nitrogens with one attached hydrogen (secondary N) is 1. The molecule has 0 radical (unpaired) electrons. The molecule has 0 aliphatic carbocycles. The van der Waals surface area contributed by atoms with Crippen molar-refractivity contribution in [2.45, 2.75) is 25.2 Å². The molecule has 0 bridgehead atoms. The standard InChI is InChI=1S/C11H16Br2N2O2S/c1-7(2)3-4-15-18(16,17)11-9(13)5-8(12)6-10(11)14/h5-7,15H,3-4,14H2,1-2H3. The molecule has 102 valence electrons. The van der Waals surface area contributed by atoms with Gasteiger partial charge in [-0.1, -0.05) is 29.8 Å². The molecule has 3 N–H and O–H groups in total. The molecule has 7 heteroatoms. The molecule has 0 aliphatic heterocycles. The van der Waals surface area contributed by atoms with Gasteiger partial charge in [0.1, 0.15) is 4.90 Å². The minimum Gasteiger partial charge on any atom is -0.398 e.